The third kappa shape index (κ3) is 5.72. The van der Waals surface area contributed by atoms with Gasteiger partial charge in [-0.15, -0.1) is 23.7 Å². The molecule has 0 bridgehead atoms. The first kappa shape index (κ1) is 20.4. The summed E-state index contributed by atoms with van der Waals surface area (Å²) in [5.41, 5.74) is 0. The maximum atomic E-state index is 12.4. The van der Waals surface area contributed by atoms with Gasteiger partial charge in [-0.2, -0.15) is 4.31 Å². The minimum absolute atomic E-state index is 0. The van der Waals surface area contributed by atoms with Crippen LogP contribution >= 0.6 is 23.7 Å². The Kier molecular flexibility index (Phi) is 8.49. The van der Waals surface area contributed by atoms with E-state index in [-0.39, 0.29) is 24.7 Å². The van der Waals surface area contributed by atoms with Crippen molar-refractivity contribution < 1.29 is 13.2 Å². The Morgan fingerprint density at radius 3 is 2.61 bits per heavy atom. The van der Waals surface area contributed by atoms with E-state index in [0.717, 1.165) is 30.7 Å². The molecule has 6 nitrogen and oxygen atoms in total. The number of hydrogen-bond acceptors (Lipinski definition) is 5. The standard InChI is InChI=1S/C14H23N3O3S2.ClH/c1-15-7-4-8-16-13(18)11-12-5-6-14(21-12)22(19,20)17-9-2-3-10-17;/h5-6,15H,2-4,7-11H2,1H3,(H,16,18);1H. The smallest absolute Gasteiger partial charge is 0.252 e. The van der Waals surface area contributed by atoms with Crippen molar-refractivity contribution in [3.8, 4) is 0 Å². The first-order valence-electron chi connectivity index (χ1n) is 7.54. The number of amides is 1. The maximum absolute atomic E-state index is 12.4. The molecule has 0 radical (unpaired) electrons. The van der Waals surface area contributed by atoms with Crippen LogP contribution < -0.4 is 10.6 Å². The lowest BCUT2D eigenvalue weighted by atomic mass is 10.3. The van der Waals surface area contributed by atoms with E-state index in [2.05, 4.69) is 10.6 Å². The second-order valence-electron chi connectivity index (χ2n) is 5.32. The number of carbonyl (C=O) groups is 1. The van der Waals surface area contributed by atoms with E-state index in [0.29, 0.717) is 23.8 Å². The minimum Gasteiger partial charge on any atom is -0.356 e. The first-order valence-corrected chi connectivity index (χ1v) is 9.80. The van der Waals surface area contributed by atoms with Crippen LogP contribution in [0.3, 0.4) is 0 Å². The fourth-order valence-electron chi connectivity index (χ4n) is 2.36. The number of thiophene rings is 1. The Hall–Kier alpha value is -0.670. The van der Waals surface area contributed by atoms with Crippen LogP contribution in [0, 0.1) is 0 Å². The Morgan fingerprint density at radius 2 is 1.96 bits per heavy atom. The molecule has 1 aromatic rings. The molecule has 0 spiro atoms. The van der Waals surface area contributed by atoms with Crippen molar-refractivity contribution in [3.63, 3.8) is 0 Å². The highest BCUT2D eigenvalue weighted by atomic mass is 35.5. The third-order valence-corrected chi connectivity index (χ3v) is 7.01. The summed E-state index contributed by atoms with van der Waals surface area (Å²) in [5.74, 6) is -0.0666. The molecule has 9 heteroatoms. The zero-order chi connectivity index (χ0) is 16.0. The number of nitrogens with zero attached hydrogens (tertiary/aromatic N) is 1. The second-order valence-corrected chi connectivity index (χ2v) is 8.65. The Morgan fingerprint density at radius 1 is 1.26 bits per heavy atom. The highest BCUT2D eigenvalue weighted by Gasteiger charge is 2.28. The Balaban J connectivity index is 0.00000264. The summed E-state index contributed by atoms with van der Waals surface area (Å²) in [5, 5.41) is 5.85. The second kappa shape index (κ2) is 9.58. The SMILES string of the molecule is CNCCCNC(=O)Cc1ccc(S(=O)(=O)N2CCCC2)s1.Cl. The van der Waals surface area contributed by atoms with Gasteiger partial charge in [0, 0.05) is 24.5 Å². The van der Waals surface area contributed by atoms with Gasteiger partial charge in [0.1, 0.15) is 4.21 Å². The van der Waals surface area contributed by atoms with E-state index in [1.54, 1.807) is 12.1 Å². The molecule has 2 heterocycles. The van der Waals surface area contributed by atoms with Gasteiger partial charge in [0.15, 0.2) is 0 Å². The Bertz CT molecular complexity index is 598. The van der Waals surface area contributed by atoms with Gasteiger partial charge in [0.2, 0.25) is 5.91 Å². The molecule has 1 aliphatic heterocycles. The van der Waals surface area contributed by atoms with Crippen molar-refractivity contribution in [2.24, 2.45) is 0 Å². The van der Waals surface area contributed by atoms with Gasteiger partial charge in [-0.1, -0.05) is 0 Å². The molecule has 2 rings (SSSR count). The summed E-state index contributed by atoms with van der Waals surface area (Å²) in [6.07, 6.45) is 2.96. The van der Waals surface area contributed by atoms with Crippen LogP contribution in [0.1, 0.15) is 24.1 Å². The molecule has 1 aromatic heterocycles. The fourth-order valence-corrected chi connectivity index (χ4v) is 5.39. The molecule has 0 unspecified atom stereocenters. The van der Waals surface area contributed by atoms with Crippen LogP contribution in [-0.2, 0) is 21.2 Å². The summed E-state index contributed by atoms with van der Waals surface area (Å²) < 4.78 is 26.7. The van der Waals surface area contributed by atoms with Gasteiger partial charge in [-0.05, 0) is 45.0 Å². The molecule has 0 atom stereocenters. The van der Waals surface area contributed by atoms with E-state index in [9.17, 15) is 13.2 Å². The van der Waals surface area contributed by atoms with Crippen molar-refractivity contribution in [1.82, 2.24) is 14.9 Å². The van der Waals surface area contributed by atoms with Crippen molar-refractivity contribution in [2.75, 3.05) is 33.2 Å². The normalized spacial score (nSPS) is 15.3. The largest absolute Gasteiger partial charge is 0.356 e. The van der Waals surface area contributed by atoms with Gasteiger partial charge in [0.25, 0.3) is 10.0 Å². The van der Waals surface area contributed by atoms with E-state index >= 15 is 0 Å². The summed E-state index contributed by atoms with van der Waals surface area (Å²) >= 11 is 1.20. The van der Waals surface area contributed by atoms with Crippen LogP contribution in [0.15, 0.2) is 16.3 Å². The predicted octanol–water partition coefficient (Wildman–Crippen LogP) is 1.22. The monoisotopic (exact) mass is 381 g/mol. The highest BCUT2D eigenvalue weighted by Crippen LogP contribution is 2.27. The quantitative estimate of drug-likeness (QED) is 0.664. The molecule has 1 fully saturated rings. The lowest BCUT2D eigenvalue weighted by Gasteiger charge is -2.13. The molecule has 23 heavy (non-hydrogen) atoms. The zero-order valence-corrected chi connectivity index (χ0v) is 15.7. The summed E-state index contributed by atoms with van der Waals surface area (Å²) in [6, 6.07) is 3.35. The molecule has 1 saturated heterocycles. The van der Waals surface area contributed by atoms with Crippen molar-refractivity contribution in [2.45, 2.75) is 29.9 Å². The molecule has 2 N–H and O–H groups in total. The van der Waals surface area contributed by atoms with Crippen molar-refractivity contribution in [3.05, 3.63) is 17.0 Å². The van der Waals surface area contributed by atoms with Crippen molar-refractivity contribution >= 4 is 39.7 Å². The van der Waals surface area contributed by atoms with E-state index in [1.807, 2.05) is 7.05 Å². The number of nitrogens with one attached hydrogen (secondary N) is 2. The number of halogens is 1. The van der Waals surface area contributed by atoms with Crippen LogP contribution in [0.4, 0.5) is 0 Å². The van der Waals surface area contributed by atoms with E-state index < -0.39 is 10.0 Å². The zero-order valence-electron chi connectivity index (χ0n) is 13.2. The lowest BCUT2D eigenvalue weighted by Crippen LogP contribution is -2.27. The predicted molar refractivity (Wildman–Crippen MR) is 94.8 cm³/mol. The minimum atomic E-state index is -3.37. The van der Waals surface area contributed by atoms with Gasteiger partial charge in [-0.3, -0.25) is 4.79 Å². The van der Waals surface area contributed by atoms with Crippen LogP contribution in [0.2, 0.25) is 0 Å². The van der Waals surface area contributed by atoms with E-state index in [4.69, 9.17) is 0 Å². The maximum Gasteiger partial charge on any atom is 0.252 e. The molecule has 0 aliphatic carbocycles. The molecule has 0 saturated carbocycles. The van der Waals surface area contributed by atoms with Gasteiger partial charge < -0.3 is 10.6 Å². The van der Waals surface area contributed by atoms with E-state index in [1.165, 1.54) is 15.6 Å². The third-order valence-electron chi connectivity index (χ3n) is 3.56. The number of sulfonamides is 1. The van der Waals surface area contributed by atoms with Crippen LogP contribution in [0.5, 0.6) is 0 Å². The Labute approximate surface area is 148 Å². The van der Waals surface area contributed by atoms with Crippen LogP contribution in [0.25, 0.3) is 0 Å². The molecule has 0 aromatic carbocycles. The fraction of sp³-hybridized carbons (Fsp3) is 0.643. The average molecular weight is 382 g/mol. The number of hydrogen-bond donors (Lipinski definition) is 2. The average Bonchev–Trinajstić information content (AvgIpc) is 3.15. The molecule has 132 valence electrons. The lowest BCUT2D eigenvalue weighted by molar-refractivity contribution is -0.120. The topological polar surface area (TPSA) is 78.5 Å². The summed E-state index contributed by atoms with van der Waals surface area (Å²) in [4.78, 5) is 12.6. The highest BCUT2D eigenvalue weighted by molar-refractivity contribution is 7.91. The van der Waals surface area contributed by atoms with Gasteiger partial charge >= 0.3 is 0 Å². The summed E-state index contributed by atoms with van der Waals surface area (Å²) in [6.45, 7) is 2.69. The number of carbonyl (C=O) groups excluding carboxylic acids is 1. The van der Waals surface area contributed by atoms with Crippen molar-refractivity contribution in [1.29, 1.82) is 0 Å². The van der Waals surface area contributed by atoms with Gasteiger partial charge in [0.05, 0.1) is 6.42 Å². The number of rotatable bonds is 8. The summed E-state index contributed by atoms with van der Waals surface area (Å²) in [7, 11) is -1.50. The molecular formula is C14H24ClN3O3S2. The van der Waals surface area contributed by atoms with Crippen LogP contribution in [-0.4, -0.2) is 51.9 Å². The molecule has 1 amide bonds. The molecular weight excluding hydrogens is 358 g/mol. The first-order chi connectivity index (χ1) is 10.5. The molecule has 1 aliphatic rings. The van der Waals surface area contributed by atoms with Gasteiger partial charge in [-0.25, -0.2) is 8.42 Å².